The van der Waals surface area contributed by atoms with Gasteiger partial charge in [-0.1, -0.05) is 30.3 Å². The zero-order valence-corrected chi connectivity index (χ0v) is 12.4. The highest BCUT2D eigenvalue weighted by Crippen LogP contribution is 2.22. The second-order valence-electron chi connectivity index (χ2n) is 4.86. The Morgan fingerprint density at radius 2 is 1.95 bits per heavy atom. The van der Waals surface area contributed by atoms with Crippen molar-refractivity contribution in [1.82, 2.24) is 10.6 Å². The maximum absolute atomic E-state index is 12.0. The van der Waals surface area contributed by atoms with Gasteiger partial charge in [-0.3, -0.25) is 14.9 Å². The second kappa shape index (κ2) is 7.28. The van der Waals surface area contributed by atoms with E-state index in [4.69, 9.17) is 5.11 Å². The maximum atomic E-state index is 12.0. The van der Waals surface area contributed by atoms with Gasteiger partial charge in [-0.25, -0.2) is 4.79 Å². The third-order valence-corrected chi connectivity index (χ3v) is 4.49. The number of carboxylic acid groups (broad SMARTS) is 2. The lowest BCUT2D eigenvalue weighted by Gasteiger charge is -2.21. The van der Waals surface area contributed by atoms with Crippen molar-refractivity contribution in [1.29, 1.82) is 0 Å². The maximum Gasteiger partial charge on any atom is 0.328 e. The molecule has 1 fully saturated rings. The Balaban J connectivity index is 1.96. The summed E-state index contributed by atoms with van der Waals surface area (Å²) in [5.41, 5.74) is 0.777. The molecule has 7 nitrogen and oxygen atoms in total. The van der Waals surface area contributed by atoms with Gasteiger partial charge in [0, 0.05) is 5.75 Å². The fourth-order valence-corrected chi connectivity index (χ4v) is 3.38. The molecule has 1 aromatic rings. The highest BCUT2D eigenvalue weighted by molar-refractivity contribution is 8.00. The first-order valence-corrected chi connectivity index (χ1v) is 7.69. The summed E-state index contributed by atoms with van der Waals surface area (Å²) in [7, 11) is 0. The first-order chi connectivity index (χ1) is 10.5. The molecular weight excluding hydrogens is 308 g/mol. The zero-order valence-electron chi connectivity index (χ0n) is 11.6. The van der Waals surface area contributed by atoms with E-state index in [2.05, 4.69) is 10.6 Å². The Bertz CT molecular complexity index is 566. The third-order valence-electron chi connectivity index (χ3n) is 3.20. The zero-order chi connectivity index (χ0) is 16.1. The van der Waals surface area contributed by atoms with Crippen LogP contribution in [0.25, 0.3) is 0 Å². The molecule has 8 heteroatoms. The number of amides is 1. The van der Waals surface area contributed by atoms with Crippen LogP contribution in [0.5, 0.6) is 0 Å². The molecule has 0 spiro atoms. The van der Waals surface area contributed by atoms with E-state index in [1.54, 1.807) is 24.3 Å². The molecule has 1 heterocycles. The van der Waals surface area contributed by atoms with Crippen LogP contribution in [0.1, 0.15) is 5.56 Å². The summed E-state index contributed by atoms with van der Waals surface area (Å²) in [5.74, 6) is -2.38. The number of aliphatic carboxylic acids is 2. The summed E-state index contributed by atoms with van der Waals surface area (Å²) in [5, 5.41) is 22.7. The van der Waals surface area contributed by atoms with Crippen LogP contribution in [0.4, 0.5) is 0 Å². The molecule has 3 atom stereocenters. The van der Waals surface area contributed by atoms with Crippen molar-refractivity contribution in [2.45, 2.75) is 23.9 Å². The molecule has 0 saturated carbocycles. The van der Waals surface area contributed by atoms with Crippen LogP contribution in [0.15, 0.2) is 30.3 Å². The molecule has 1 aliphatic heterocycles. The average molecular weight is 324 g/mol. The number of hydrogen-bond acceptors (Lipinski definition) is 5. The summed E-state index contributed by atoms with van der Waals surface area (Å²) in [6, 6.07) is 6.99. The summed E-state index contributed by atoms with van der Waals surface area (Å²) >= 11 is 1.18. The van der Waals surface area contributed by atoms with Crippen molar-refractivity contribution in [3.63, 3.8) is 0 Å². The molecule has 1 amide bonds. The molecule has 1 aliphatic rings. The van der Waals surface area contributed by atoms with Crippen molar-refractivity contribution in [3.05, 3.63) is 35.9 Å². The standard InChI is InChI=1S/C14H16N2O5S/c17-10(6-8-4-2-1-3-5-8)16-11(14(20)21)12-15-9(7-22-12)13(18)19/h1-5,9,11-12,15H,6-7H2,(H,16,17)(H,18,19)(H,20,21)/t9-,11+,12-/m1/s1. The van der Waals surface area contributed by atoms with Gasteiger partial charge in [-0.15, -0.1) is 11.8 Å². The Labute approximate surface area is 131 Å². The molecule has 118 valence electrons. The van der Waals surface area contributed by atoms with E-state index in [1.807, 2.05) is 6.07 Å². The van der Waals surface area contributed by atoms with E-state index in [0.29, 0.717) is 0 Å². The van der Waals surface area contributed by atoms with Crippen LogP contribution in [-0.4, -0.2) is 51.3 Å². The monoisotopic (exact) mass is 324 g/mol. The fourth-order valence-electron chi connectivity index (χ4n) is 2.10. The van der Waals surface area contributed by atoms with Crippen molar-refractivity contribution >= 4 is 29.6 Å². The topological polar surface area (TPSA) is 116 Å². The van der Waals surface area contributed by atoms with Crippen molar-refractivity contribution in [3.8, 4) is 0 Å². The van der Waals surface area contributed by atoms with Gasteiger partial charge in [0.2, 0.25) is 5.91 Å². The summed E-state index contributed by atoms with van der Waals surface area (Å²) < 4.78 is 0. The summed E-state index contributed by atoms with van der Waals surface area (Å²) in [6.07, 6.45) is 0.0738. The quantitative estimate of drug-likeness (QED) is 0.578. The minimum Gasteiger partial charge on any atom is -0.480 e. The molecule has 1 aromatic carbocycles. The first kappa shape index (κ1) is 16.3. The number of carboxylic acids is 2. The van der Waals surface area contributed by atoms with Gasteiger partial charge in [-0.05, 0) is 5.56 Å². The van der Waals surface area contributed by atoms with E-state index in [1.165, 1.54) is 11.8 Å². The summed E-state index contributed by atoms with van der Waals surface area (Å²) in [4.78, 5) is 34.2. The van der Waals surface area contributed by atoms with Crippen LogP contribution in [0, 0.1) is 0 Å². The van der Waals surface area contributed by atoms with Crippen LogP contribution in [-0.2, 0) is 20.8 Å². The van der Waals surface area contributed by atoms with E-state index in [0.717, 1.165) is 5.56 Å². The molecule has 2 rings (SSSR count). The molecule has 22 heavy (non-hydrogen) atoms. The van der Waals surface area contributed by atoms with Crippen molar-refractivity contribution < 1.29 is 24.6 Å². The molecule has 1 saturated heterocycles. The van der Waals surface area contributed by atoms with Gasteiger partial charge in [0.05, 0.1) is 11.8 Å². The molecule has 0 bridgehead atoms. The third kappa shape index (κ3) is 4.22. The smallest absolute Gasteiger partial charge is 0.328 e. The lowest BCUT2D eigenvalue weighted by molar-refractivity contribution is -0.143. The predicted octanol–water partition coefficient (Wildman–Crippen LogP) is -0.0858. The van der Waals surface area contributed by atoms with Gasteiger partial charge >= 0.3 is 11.9 Å². The Morgan fingerprint density at radius 1 is 1.27 bits per heavy atom. The predicted molar refractivity (Wildman–Crippen MR) is 80.5 cm³/mol. The van der Waals surface area contributed by atoms with E-state index >= 15 is 0 Å². The molecule has 0 aliphatic carbocycles. The lowest BCUT2D eigenvalue weighted by Crippen LogP contribution is -2.53. The SMILES string of the molecule is O=C(Cc1ccccc1)N[C@H](C(=O)O)[C@@H]1N[C@@H](C(=O)O)CS1. The number of thioether (sulfide) groups is 1. The normalized spacial score (nSPS) is 22.0. The van der Waals surface area contributed by atoms with Gasteiger partial charge in [0.15, 0.2) is 6.04 Å². The largest absolute Gasteiger partial charge is 0.480 e. The molecule has 4 N–H and O–H groups in total. The molecule has 0 unspecified atom stereocenters. The highest BCUT2D eigenvalue weighted by Gasteiger charge is 2.38. The van der Waals surface area contributed by atoms with Gasteiger partial charge < -0.3 is 15.5 Å². The van der Waals surface area contributed by atoms with Gasteiger partial charge in [-0.2, -0.15) is 0 Å². The fraction of sp³-hybridized carbons (Fsp3) is 0.357. The van der Waals surface area contributed by atoms with Crippen LogP contribution in [0.2, 0.25) is 0 Å². The van der Waals surface area contributed by atoms with Crippen molar-refractivity contribution in [2.24, 2.45) is 0 Å². The highest BCUT2D eigenvalue weighted by atomic mass is 32.2. The van der Waals surface area contributed by atoms with Crippen molar-refractivity contribution in [2.75, 3.05) is 5.75 Å². The second-order valence-corrected chi connectivity index (χ2v) is 6.03. The Hall–Kier alpha value is -2.06. The van der Waals surface area contributed by atoms with E-state index in [9.17, 15) is 19.5 Å². The first-order valence-electron chi connectivity index (χ1n) is 6.64. The van der Waals surface area contributed by atoms with E-state index < -0.39 is 35.3 Å². The average Bonchev–Trinajstić information content (AvgIpc) is 2.95. The van der Waals surface area contributed by atoms with E-state index in [-0.39, 0.29) is 12.2 Å². The Morgan fingerprint density at radius 3 is 2.50 bits per heavy atom. The minimum atomic E-state index is -1.20. The summed E-state index contributed by atoms with van der Waals surface area (Å²) in [6.45, 7) is 0. The van der Waals surface area contributed by atoms with Crippen LogP contribution in [0.3, 0.4) is 0 Å². The number of hydrogen-bond donors (Lipinski definition) is 4. The number of benzene rings is 1. The number of carbonyl (C=O) groups excluding carboxylic acids is 1. The minimum absolute atomic E-state index is 0.0738. The molecule has 0 radical (unpaired) electrons. The van der Waals surface area contributed by atoms with Gasteiger partial charge in [0.25, 0.3) is 0 Å². The number of rotatable bonds is 6. The lowest BCUT2D eigenvalue weighted by atomic mass is 10.1. The van der Waals surface area contributed by atoms with Crippen LogP contribution < -0.4 is 10.6 Å². The van der Waals surface area contributed by atoms with Crippen LogP contribution >= 0.6 is 11.8 Å². The molecular formula is C14H16N2O5S. The molecule has 0 aromatic heterocycles. The number of carbonyl (C=O) groups is 3. The Kier molecular flexibility index (Phi) is 5.40. The van der Waals surface area contributed by atoms with Gasteiger partial charge in [0.1, 0.15) is 6.04 Å². The number of nitrogens with one attached hydrogen (secondary N) is 2.